The van der Waals surface area contributed by atoms with Crippen molar-refractivity contribution in [2.45, 2.75) is 20.1 Å². The number of benzene rings is 1. The zero-order chi connectivity index (χ0) is 13.0. The number of phenolic OH excluding ortho intramolecular Hbond substituents is 2. The van der Waals surface area contributed by atoms with E-state index in [1.165, 1.54) is 12.1 Å². The molecule has 6 heteroatoms. The summed E-state index contributed by atoms with van der Waals surface area (Å²) in [4.78, 5) is 21.7. The largest absolute Gasteiger partial charge is 0.508 e. The van der Waals surface area contributed by atoms with E-state index in [4.69, 9.17) is 9.47 Å². The standard InChI is InChI=1S/C11H12O6/c1-6(12)16-11(17-7(2)13)9-5-8(14)3-4-10(9)15/h3-5,11,14-15H,1-2H3. The van der Waals surface area contributed by atoms with Crippen molar-refractivity contribution in [3.05, 3.63) is 23.8 Å². The summed E-state index contributed by atoms with van der Waals surface area (Å²) in [6.45, 7) is 2.27. The van der Waals surface area contributed by atoms with Gasteiger partial charge in [0, 0.05) is 13.8 Å². The third-order valence-electron chi connectivity index (χ3n) is 1.81. The highest BCUT2D eigenvalue weighted by atomic mass is 16.7. The van der Waals surface area contributed by atoms with Gasteiger partial charge < -0.3 is 19.7 Å². The van der Waals surface area contributed by atoms with E-state index in [-0.39, 0.29) is 17.1 Å². The van der Waals surface area contributed by atoms with Gasteiger partial charge in [0.05, 0.1) is 5.56 Å². The van der Waals surface area contributed by atoms with Gasteiger partial charge >= 0.3 is 11.9 Å². The molecular weight excluding hydrogens is 228 g/mol. The highest BCUT2D eigenvalue weighted by molar-refractivity contribution is 5.68. The van der Waals surface area contributed by atoms with Gasteiger partial charge in [0.1, 0.15) is 11.5 Å². The van der Waals surface area contributed by atoms with Gasteiger partial charge in [-0.15, -0.1) is 0 Å². The molecule has 0 spiro atoms. The Morgan fingerprint density at radius 3 is 2.12 bits per heavy atom. The SMILES string of the molecule is CC(=O)OC(OC(C)=O)c1cc(O)ccc1O. The van der Waals surface area contributed by atoms with Gasteiger partial charge in [-0.25, -0.2) is 0 Å². The van der Waals surface area contributed by atoms with E-state index in [2.05, 4.69) is 0 Å². The van der Waals surface area contributed by atoms with E-state index < -0.39 is 18.2 Å². The monoisotopic (exact) mass is 240 g/mol. The number of phenols is 2. The third-order valence-corrected chi connectivity index (χ3v) is 1.81. The Morgan fingerprint density at radius 1 is 1.12 bits per heavy atom. The van der Waals surface area contributed by atoms with Gasteiger partial charge in [0.15, 0.2) is 0 Å². The van der Waals surface area contributed by atoms with Crippen molar-refractivity contribution in [1.82, 2.24) is 0 Å². The minimum absolute atomic E-state index is 0.00426. The molecule has 0 bridgehead atoms. The Morgan fingerprint density at radius 2 is 1.65 bits per heavy atom. The van der Waals surface area contributed by atoms with E-state index in [9.17, 15) is 19.8 Å². The molecule has 0 fully saturated rings. The summed E-state index contributed by atoms with van der Waals surface area (Å²) < 4.78 is 9.46. The molecular formula is C11H12O6. The van der Waals surface area contributed by atoms with E-state index in [1.54, 1.807) is 0 Å². The van der Waals surface area contributed by atoms with Gasteiger partial charge in [-0.1, -0.05) is 0 Å². The summed E-state index contributed by atoms with van der Waals surface area (Å²) in [7, 11) is 0. The molecule has 0 aromatic heterocycles. The van der Waals surface area contributed by atoms with Crippen LogP contribution in [-0.2, 0) is 19.1 Å². The minimum atomic E-state index is -1.38. The van der Waals surface area contributed by atoms with Crippen molar-refractivity contribution in [2.75, 3.05) is 0 Å². The average Bonchev–Trinajstić information content (AvgIpc) is 2.19. The molecule has 0 aliphatic carbocycles. The molecule has 6 nitrogen and oxygen atoms in total. The molecule has 0 unspecified atom stereocenters. The predicted molar refractivity (Wildman–Crippen MR) is 56.0 cm³/mol. The first-order valence-corrected chi connectivity index (χ1v) is 4.76. The van der Waals surface area contributed by atoms with Crippen molar-refractivity contribution in [2.24, 2.45) is 0 Å². The summed E-state index contributed by atoms with van der Waals surface area (Å²) in [5, 5.41) is 18.8. The van der Waals surface area contributed by atoms with Gasteiger partial charge in [-0.3, -0.25) is 9.59 Å². The molecule has 0 amide bonds. The smallest absolute Gasteiger partial charge is 0.305 e. The van der Waals surface area contributed by atoms with Crippen LogP contribution in [0.15, 0.2) is 18.2 Å². The molecule has 0 aliphatic heterocycles. The fourth-order valence-electron chi connectivity index (χ4n) is 1.18. The number of rotatable bonds is 3. The maximum absolute atomic E-state index is 10.8. The minimum Gasteiger partial charge on any atom is -0.508 e. The topological polar surface area (TPSA) is 93.1 Å². The summed E-state index contributed by atoms with van der Waals surface area (Å²) in [5.74, 6) is -1.77. The second kappa shape index (κ2) is 5.20. The Bertz CT molecular complexity index is 424. The van der Waals surface area contributed by atoms with E-state index >= 15 is 0 Å². The lowest BCUT2D eigenvalue weighted by molar-refractivity contribution is -0.186. The molecule has 0 saturated carbocycles. The Hall–Kier alpha value is -2.24. The molecule has 92 valence electrons. The van der Waals surface area contributed by atoms with Crippen molar-refractivity contribution in [1.29, 1.82) is 0 Å². The molecule has 17 heavy (non-hydrogen) atoms. The molecule has 1 rings (SSSR count). The fourth-order valence-corrected chi connectivity index (χ4v) is 1.18. The average molecular weight is 240 g/mol. The second-order valence-electron chi connectivity index (χ2n) is 3.29. The van der Waals surface area contributed by atoms with Gasteiger partial charge in [-0.2, -0.15) is 0 Å². The molecule has 0 saturated heterocycles. The Balaban J connectivity index is 3.06. The van der Waals surface area contributed by atoms with Crippen LogP contribution in [0.3, 0.4) is 0 Å². The van der Waals surface area contributed by atoms with Crippen LogP contribution in [0.2, 0.25) is 0 Å². The van der Waals surface area contributed by atoms with Crippen LogP contribution in [0.4, 0.5) is 0 Å². The molecule has 0 heterocycles. The number of ether oxygens (including phenoxy) is 2. The van der Waals surface area contributed by atoms with Crippen LogP contribution < -0.4 is 0 Å². The van der Waals surface area contributed by atoms with Gasteiger partial charge in [0.25, 0.3) is 6.29 Å². The summed E-state index contributed by atoms with van der Waals surface area (Å²) in [6, 6.07) is 3.59. The summed E-state index contributed by atoms with van der Waals surface area (Å²) in [5.41, 5.74) is -0.00426. The van der Waals surface area contributed by atoms with Gasteiger partial charge in [0.2, 0.25) is 0 Å². The van der Waals surface area contributed by atoms with Crippen LogP contribution in [0.25, 0.3) is 0 Å². The second-order valence-corrected chi connectivity index (χ2v) is 3.29. The first-order valence-electron chi connectivity index (χ1n) is 4.76. The van der Waals surface area contributed by atoms with Crippen LogP contribution >= 0.6 is 0 Å². The van der Waals surface area contributed by atoms with Crippen molar-refractivity contribution < 1.29 is 29.3 Å². The van der Waals surface area contributed by atoms with Gasteiger partial charge in [-0.05, 0) is 18.2 Å². The van der Waals surface area contributed by atoms with Crippen molar-refractivity contribution >= 4 is 11.9 Å². The first kappa shape index (κ1) is 12.8. The first-order chi connectivity index (χ1) is 7.90. The fraction of sp³-hybridized carbons (Fsp3) is 0.273. The maximum atomic E-state index is 10.8. The molecule has 0 radical (unpaired) electrons. The lowest BCUT2D eigenvalue weighted by Gasteiger charge is -2.17. The lowest BCUT2D eigenvalue weighted by Crippen LogP contribution is -2.15. The number of aromatic hydroxyl groups is 2. The lowest BCUT2D eigenvalue weighted by atomic mass is 10.2. The molecule has 1 aromatic rings. The third kappa shape index (κ3) is 3.67. The number of carbonyl (C=O) groups excluding carboxylic acids is 2. The summed E-state index contributed by atoms with van der Waals surface area (Å²) >= 11 is 0. The van der Waals surface area contributed by atoms with Crippen molar-refractivity contribution in [3.63, 3.8) is 0 Å². The molecule has 2 N–H and O–H groups in total. The van der Waals surface area contributed by atoms with Crippen LogP contribution in [0.1, 0.15) is 25.7 Å². The Kier molecular flexibility index (Phi) is 3.92. The van der Waals surface area contributed by atoms with E-state index in [1.807, 2.05) is 0 Å². The molecule has 1 aromatic carbocycles. The van der Waals surface area contributed by atoms with Crippen LogP contribution in [0.5, 0.6) is 11.5 Å². The number of esters is 2. The zero-order valence-electron chi connectivity index (χ0n) is 9.34. The van der Waals surface area contributed by atoms with Crippen molar-refractivity contribution in [3.8, 4) is 11.5 Å². The quantitative estimate of drug-likeness (QED) is 0.468. The number of hydrogen-bond acceptors (Lipinski definition) is 6. The molecule has 0 aliphatic rings. The molecule has 0 atom stereocenters. The normalized spacial score (nSPS) is 10.1. The van der Waals surface area contributed by atoms with E-state index in [0.29, 0.717) is 0 Å². The maximum Gasteiger partial charge on any atom is 0.305 e. The Labute approximate surface area is 97.4 Å². The van der Waals surface area contributed by atoms with Crippen LogP contribution in [-0.4, -0.2) is 22.2 Å². The van der Waals surface area contributed by atoms with E-state index in [0.717, 1.165) is 19.9 Å². The summed E-state index contributed by atoms with van der Waals surface area (Å²) in [6.07, 6.45) is -1.38. The zero-order valence-corrected chi connectivity index (χ0v) is 9.34. The number of hydrogen-bond donors (Lipinski definition) is 2. The number of carbonyl (C=O) groups is 2. The predicted octanol–water partition coefficient (Wildman–Crippen LogP) is 1.22. The highest BCUT2D eigenvalue weighted by Gasteiger charge is 2.22. The van der Waals surface area contributed by atoms with Crippen LogP contribution in [0, 0.1) is 0 Å². The highest BCUT2D eigenvalue weighted by Crippen LogP contribution is 2.31.